The predicted molar refractivity (Wildman–Crippen MR) is 56.9 cm³/mol. The standard InChI is InChI=1S/C12H13FO3/c1-7-6-8(4-5-9(7)13)10(14)12(2,3)11(15)16/h4-6H,1-3H3,(H,15,16). The molecular weight excluding hydrogens is 211 g/mol. The van der Waals surface area contributed by atoms with Gasteiger partial charge in [0.25, 0.3) is 0 Å². The lowest BCUT2D eigenvalue weighted by Gasteiger charge is -2.17. The molecule has 86 valence electrons. The maximum atomic E-state index is 13.0. The van der Waals surface area contributed by atoms with Crippen molar-refractivity contribution in [1.82, 2.24) is 0 Å². The van der Waals surface area contributed by atoms with E-state index in [1.165, 1.54) is 39.0 Å². The summed E-state index contributed by atoms with van der Waals surface area (Å²) in [7, 11) is 0. The van der Waals surface area contributed by atoms with Crippen molar-refractivity contribution in [3.05, 3.63) is 35.1 Å². The van der Waals surface area contributed by atoms with Crippen LogP contribution in [0.4, 0.5) is 4.39 Å². The van der Waals surface area contributed by atoms with Gasteiger partial charge in [0, 0.05) is 5.56 Å². The number of carbonyl (C=O) groups is 2. The molecule has 1 aromatic carbocycles. The molecule has 0 atom stereocenters. The van der Waals surface area contributed by atoms with Crippen LogP contribution in [0.15, 0.2) is 18.2 Å². The molecule has 0 aliphatic heterocycles. The smallest absolute Gasteiger partial charge is 0.316 e. The van der Waals surface area contributed by atoms with Gasteiger partial charge in [-0.15, -0.1) is 0 Å². The maximum Gasteiger partial charge on any atom is 0.316 e. The average Bonchev–Trinajstić information content (AvgIpc) is 2.20. The average molecular weight is 224 g/mol. The number of carboxylic acids is 1. The summed E-state index contributed by atoms with van der Waals surface area (Å²) >= 11 is 0. The van der Waals surface area contributed by atoms with Crippen LogP contribution in [0.3, 0.4) is 0 Å². The van der Waals surface area contributed by atoms with Gasteiger partial charge in [0.15, 0.2) is 5.78 Å². The number of hydrogen-bond acceptors (Lipinski definition) is 2. The van der Waals surface area contributed by atoms with Gasteiger partial charge in [-0.3, -0.25) is 9.59 Å². The highest BCUT2D eigenvalue weighted by Gasteiger charge is 2.36. The van der Waals surface area contributed by atoms with Crippen LogP contribution in [0.1, 0.15) is 29.8 Å². The Kier molecular flexibility index (Phi) is 3.12. The predicted octanol–water partition coefficient (Wildman–Crippen LogP) is 2.43. The van der Waals surface area contributed by atoms with E-state index in [0.717, 1.165) is 0 Å². The Balaban J connectivity index is 3.15. The molecule has 4 heteroatoms. The highest BCUT2D eigenvalue weighted by molar-refractivity contribution is 6.11. The van der Waals surface area contributed by atoms with Crippen LogP contribution >= 0.6 is 0 Å². The minimum Gasteiger partial charge on any atom is -0.481 e. The van der Waals surface area contributed by atoms with E-state index in [4.69, 9.17) is 5.11 Å². The summed E-state index contributed by atoms with van der Waals surface area (Å²) < 4.78 is 13.0. The van der Waals surface area contributed by atoms with Crippen LogP contribution in [-0.2, 0) is 4.79 Å². The van der Waals surface area contributed by atoms with Crippen LogP contribution in [0, 0.1) is 18.2 Å². The third kappa shape index (κ3) is 2.10. The molecule has 0 fully saturated rings. The van der Waals surface area contributed by atoms with Crippen molar-refractivity contribution in [3.63, 3.8) is 0 Å². The molecule has 1 rings (SSSR count). The minimum absolute atomic E-state index is 0.214. The fraction of sp³-hybridized carbons (Fsp3) is 0.333. The quantitative estimate of drug-likeness (QED) is 0.633. The number of benzene rings is 1. The first-order valence-corrected chi connectivity index (χ1v) is 4.81. The monoisotopic (exact) mass is 224 g/mol. The molecule has 0 saturated heterocycles. The molecule has 0 unspecified atom stereocenters. The molecule has 1 aromatic rings. The van der Waals surface area contributed by atoms with E-state index in [9.17, 15) is 14.0 Å². The summed E-state index contributed by atoms with van der Waals surface area (Å²) in [6.45, 7) is 4.19. The number of hydrogen-bond donors (Lipinski definition) is 1. The third-order valence-electron chi connectivity index (χ3n) is 2.52. The Labute approximate surface area is 92.9 Å². The molecule has 0 aliphatic carbocycles. The number of Topliss-reactive ketones (excluding diaryl/α,β-unsaturated/α-hetero) is 1. The van der Waals surface area contributed by atoms with Gasteiger partial charge in [-0.25, -0.2) is 4.39 Å². The molecule has 16 heavy (non-hydrogen) atoms. The summed E-state index contributed by atoms with van der Waals surface area (Å²) in [4.78, 5) is 22.8. The first-order chi connectivity index (χ1) is 7.26. The Bertz CT molecular complexity index is 450. The molecule has 0 radical (unpaired) electrons. The van der Waals surface area contributed by atoms with Crippen molar-refractivity contribution in [2.45, 2.75) is 20.8 Å². The molecule has 0 aromatic heterocycles. The van der Waals surface area contributed by atoms with Gasteiger partial charge >= 0.3 is 5.97 Å². The largest absolute Gasteiger partial charge is 0.481 e. The number of aliphatic carboxylic acids is 1. The summed E-state index contributed by atoms with van der Waals surface area (Å²) in [5, 5.41) is 8.90. The zero-order chi connectivity index (χ0) is 12.5. The van der Waals surface area contributed by atoms with Gasteiger partial charge in [-0.2, -0.15) is 0 Å². The van der Waals surface area contributed by atoms with Crippen LogP contribution < -0.4 is 0 Å². The van der Waals surface area contributed by atoms with Crippen LogP contribution in [0.25, 0.3) is 0 Å². The second-order valence-electron chi connectivity index (χ2n) is 4.22. The minimum atomic E-state index is -1.50. The zero-order valence-corrected chi connectivity index (χ0v) is 9.37. The second-order valence-corrected chi connectivity index (χ2v) is 4.22. The first-order valence-electron chi connectivity index (χ1n) is 4.81. The van der Waals surface area contributed by atoms with Crippen molar-refractivity contribution in [2.24, 2.45) is 5.41 Å². The molecule has 0 spiro atoms. The van der Waals surface area contributed by atoms with Crippen molar-refractivity contribution < 1.29 is 19.1 Å². The Morgan fingerprint density at radius 1 is 1.31 bits per heavy atom. The number of aryl methyl sites for hydroxylation is 1. The molecule has 0 bridgehead atoms. The van der Waals surface area contributed by atoms with Crippen LogP contribution in [0.5, 0.6) is 0 Å². The van der Waals surface area contributed by atoms with Gasteiger partial charge in [0.2, 0.25) is 0 Å². The second kappa shape index (κ2) is 4.04. The van der Waals surface area contributed by atoms with Crippen molar-refractivity contribution in [3.8, 4) is 0 Å². The number of rotatable bonds is 3. The maximum absolute atomic E-state index is 13.0. The molecule has 0 heterocycles. The lowest BCUT2D eigenvalue weighted by molar-refractivity contribution is -0.144. The molecule has 3 nitrogen and oxygen atoms in total. The summed E-state index contributed by atoms with van der Waals surface area (Å²) in [6, 6.07) is 3.83. The molecular formula is C12H13FO3. The van der Waals surface area contributed by atoms with Crippen LogP contribution in [-0.4, -0.2) is 16.9 Å². The van der Waals surface area contributed by atoms with Crippen molar-refractivity contribution >= 4 is 11.8 Å². The SMILES string of the molecule is Cc1cc(C(=O)C(C)(C)C(=O)O)ccc1F. The van der Waals surface area contributed by atoms with Gasteiger partial charge < -0.3 is 5.11 Å². The fourth-order valence-electron chi connectivity index (χ4n) is 1.24. The van der Waals surface area contributed by atoms with E-state index in [1.54, 1.807) is 0 Å². The normalized spacial score (nSPS) is 11.2. The van der Waals surface area contributed by atoms with E-state index in [2.05, 4.69) is 0 Å². The van der Waals surface area contributed by atoms with Crippen molar-refractivity contribution in [1.29, 1.82) is 0 Å². The van der Waals surface area contributed by atoms with E-state index < -0.39 is 23.0 Å². The Morgan fingerprint density at radius 3 is 2.31 bits per heavy atom. The summed E-state index contributed by atoms with van der Waals surface area (Å²) in [5.41, 5.74) is -0.956. The Hall–Kier alpha value is -1.71. The fourth-order valence-corrected chi connectivity index (χ4v) is 1.24. The topological polar surface area (TPSA) is 54.4 Å². The van der Waals surface area contributed by atoms with E-state index in [0.29, 0.717) is 5.56 Å². The summed E-state index contributed by atoms with van der Waals surface area (Å²) in [5.74, 6) is -2.13. The summed E-state index contributed by atoms with van der Waals surface area (Å²) in [6.07, 6.45) is 0. The van der Waals surface area contributed by atoms with Gasteiger partial charge in [0.05, 0.1) is 0 Å². The van der Waals surface area contributed by atoms with Crippen LogP contribution in [0.2, 0.25) is 0 Å². The van der Waals surface area contributed by atoms with Gasteiger partial charge in [-0.05, 0) is 44.5 Å². The third-order valence-corrected chi connectivity index (χ3v) is 2.52. The zero-order valence-electron chi connectivity index (χ0n) is 9.37. The molecule has 0 aliphatic rings. The number of carboxylic acid groups (broad SMARTS) is 1. The number of carbonyl (C=O) groups excluding carboxylic acids is 1. The van der Waals surface area contributed by atoms with E-state index >= 15 is 0 Å². The van der Waals surface area contributed by atoms with Gasteiger partial charge in [-0.1, -0.05) is 0 Å². The highest BCUT2D eigenvalue weighted by Crippen LogP contribution is 2.23. The molecule has 0 amide bonds. The van der Waals surface area contributed by atoms with E-state index in [-0.39, 0.29) is 5.56 Å². The Morgan fingerprint density at radius 2 is 1.88 bits per heavy atom. The number of ketones is 1. The van der Waals surface area contributed by atoms with Gasteiger partial charge in [0.1, 0.15) is 11.2 Å². The van der Waals surface area contributed by atoms with Crippen molar-refractivity contribution in [2.75, 3.05) is 0 Å². The molecule has 0 saturated carbocycles. The lowest BCUT2D eigenvalue weighted by Crippen LogP contribution is -2.33. The highest BCUT2D eigenvalue weighted by atomic mass is 19.1. The number of halogens is 1. The lowest BCUT2D eigenvalue weighted by atomic mass is 9.84. The van der Waals surface area contributed by atoms with E-state index in [1.807, 2.05) is 0 Å². The molecule has 1 N–H and O–H groups in total. The first kappa shape index (κ1) is 12.4.